The smallest absolute Gasteiger partial charge is 0.412 e. The number of nitrogens with one attached hydrogen (secondary N) is 1. The van der Waals surface area contributed by atoms with E-state index in [2.05, 4.69) is 10.3 Å². The van der Waals surface area contributed by atoms with Crippen LogP contribution in [0.4, 0.5) is 9.18 Å². The third kappa shape index (κ3) is 6.43. The first kappa shape index (κ1) is 24.6. The summed E-state index contributed by atoms with van der Waals surface area (Å²) in [4.78, 5) is 43.1. The summed E-state index contributed by atoms with van der Waals surface area (Å²) in [6, 6.07) is 0.983. The van der Waals surface area contributed by atoms with Crippen molar-refractivity contribution >= 4 is 29.6 Å². The Morgan fingerprint density at radius 2 is 2.03 bits per heavy atom. The Hall–Kier alpha value is -2.62. The maximum atomic E-state index is 13.5. The van der Waals surface area contributed by atoms with Gasteiger partial charge in [-0.05, 0) is 40.5 Å². The number of halogens is 2. The van der Waals surface area contributed by atoms with Crippen molar-refractivity contribution in [2.24, 2.45) is 0 Å². The topological polar surface area (TPSA) is 107 Å². The van der Waals surface area contributed by atoms with Gasteiger partial charge in [-0.25, -0.2) is 19.0 Å². The molecule has 31 heavy (non-hydrogen) atoms. The Morgan fingerprint density at radius 1 is 1.32 bits per heavy atom. The molecule has 0 aliphatic carbocycles. The van der Waals surface area contributed by atoms with Crippen LogP contribution in [0, 0.1) is 5.82 Å². The van der Waals surface area contributed by atoms with Crippen molar-refractivity contribution in [3.63, 3.8) is 0 Å². The summed E-state index contributed by atoms with van der Waals surface area (Å²) in [7, 11) is 0. The first-order valence-electron chi connectivity index (χ1n) is 9.91. The number of pyridine rings is 1. The average Bonchev–Trinajstić information content (AvgIpc) is 2.68. The minimum atomic E-state index is -1.74. The first-order chi connectivity index (χ1) is 14.5. The number of carbonyl (C=O) groups is 3. The second kappa shape index (κ2) is 10.1. The van der Waals surface area contributed by atoms with Crippen LogP contribution in [-0.2, 0) is 19.1 Å². The molecule has 0 spiro atoms. The lowest BCUT2D eigenvalue weighted by Gasteiger charge is -2.45. The number of rotatable bonds is 6. The molecule has 1 aromatic heterocycles. The molecule has 1 aromatic rings. The quantitative estimate of drug-likeness (QED) is 0.514. The van der Waals surface area contributed by atoms with Crippen LogP contribution in [-0.4, -0.2) is 58.9 Å². The molecule has 11 heteroatoms. The third-order valence-electron chi connectivity index (χ3n) is 4.35. The van der Waals surface area contributed by atoms with Crippen molar-refractivity contribution in [3.05, 3.63) is 23.2 Å². The molecule has 172 valence electrons. The van der Waals surface area contributed by atoms with Gasteiger partial charge in [-0.2, -0.15) is 0 Å². The van der Waals surface area contributed by atoms with E-state index in [0.29, 0.717) is 12.8 Å². The maximum Gasteiger partial charge on any atom is 0.412 e. The van der Waals surface area contributed by atoms with E-state index in [1.165, 1.54) is 4.90 Å². The van der Waals surface area contributed by atoms with E-state index in [9.17, 15) is 18.8 Å². The molecule has 1 fully saturated rings. The van der Waals surface area contributed by atoms with Gasteiger partial charge in [0.15, 0.2) is 17.6 Å². The summed E-state index contributed by atoms with van der Waals surface area (Å²) in [5.74, 6) is -2.30. The highest BCUT2D eigenvalue weighted by Crippen LogP contribution is 2.29. The number of nitrogens with zero attached hydrogens (tertiary/aromatic N) is 2. The molecule has 0 radical (unpaired) electrons. The summed E-state index contributed by atoms with van der Waals surface area (Å²) in [5, 5.41) is 2.25. The molecule has 1 aliphatic heterocycles. The lowest BCUT2D eigenvalue weighted by atomic mass is 9.95. The average molecular weight is 460 g/mol. The summed E-state index contributed by atoms with van der Waals surface area (Å²) >= 11 is 5.52. The minimum absolute atomic E-state index is 0.0186. The zero-order valence-corrected chi connectivity index (χ0v) is 18.8. The van der Waals surface area contributed by atoms with Gasteiger partial charge in [-0.15, -0.1) is 0 Å². The van der Waals surface area contributed by atoms with Gasteiger partial charge >= 0.3 is 12.1 Å². The molecule has 0 aromatic carbocycles. The maximum absolute atomic E-state index is 13.5. The van der Waals surface area contributed by atoms with Gasteiger partial charge in [0.05, 0.1) is 12.8 Å². The van der Waals surface area contributed by atoms with Crippen LogP contribution in [0.15, 0.2) is 12.3 Å². The molecule has 2 rings (SSSR count). The summed E-state index contributed by atoms with van der Waals surface area (Å²) in [6.45, 7) is 6.43. The molecule has 9 nitrogen and oxygen atoms in total. The number of amides is 2. The first-order valence-corrected chi connectivity index (χ1v) is 10.3. The van der Waals surface area contributed by atoms with Crippen molar-refractivity contribution in [1.82, 2.24) is 15.2 Å². The van der Waals surface area contributed by atoms with Gasteiger partial charge in [0.1, 0.15) is 11.4 Å². The highest BCUT2D eigenvalue weighted by atomic mass is 35.5. The Morgan fingerprint density at radius 3 is 2.65 bits per heavy atom. The molecular formula is C20H27ClFN3O6. The lowest BCUT2D eigenvalue weighted by molar-refractivity contribution is -0.165. The van der Waals surface area contributed by atoms with Crippen LogP contribution in [0.2, 0.25) is 5.15 Å². The Bertz CT molecular complexity index is 832. The van der Waals surface area contributed by atoms with Gasteiger partial charge in [-0.1, -0.05) is 11.6 Å². The fraction of sp³-hybridized carbons (Fsp3) is 0.600. The molecule has 1 saturated heterocycles. The van der Waals surface area contributed by atoms with Crippen LogP contribution in [0.1, 0.15) is 47.0 Å². The fourth-order valence-corrected chi connectivity index (χ4v) is 3.19. The highest BCUT2D eigenvalue weighted by Gasteiger charge is 2.51. The van der Waals surface area contributed by atoms with Gasteiger partial charge in [0.2, 0.25) is 5.66 Å². The monoisotopic (exact) mass is 459 g/mol. The van der Waals surface area contributed by atoms with Crippen molar-refractivity contribution < 1.29 is 33.0 Å². The summed E-state index contributed by atoms with van der Waals surface area (Å²) < 4.78 is 29.4. The van der Waals surface area contributed by atoms with E-state index < -0.39 is 41.7 Å². The molecule has 1 N–H and O–H groups in total. The standard InChI is InChI=1S/C20H27ClFN3O6/c1-5-29-17(27)20(8-6-7-9-25(20)18(28)31-19(2,3)4)24-15(26)12-30-13-10-14(22)16(21)23-11-13/h10-11H,5-9,12H2,1-4H3,(H,24,26). The van der Waals surface area contributed by atoms with Crippen LogP contribution < -0.4 is 10.1 Å². The van der Waals surface area contributed by atoms with Crippen LogP contribution in [0.25, 0.3) is 0 Å². The number of aromatic nitrogens is 1. The van der Waals surface area contributed by atoms with E-state index in [4.69, 9.17) is 25.8 Å². The zero-order chi connectivity index (χ0) is 23.2. The third-order valence-corrected chi connectivity index (χ3v) is 4.62. The number of hydrogen-bond acceptors (Lipinski definition) is 7. The van der Waals surface area contributed by atoms with Gasteiger partial charge < -0.3 is 19.5 Å². The van der Waals surface area contributed by atoms with Crippen LogP contribution in [0.3, 0.4) is 0 Å². The second-order valence-electron chi connectivity index (χ2n) is 7.95. The predicted molar refractivity (Wildman–Crippen MR) is 109 cm³/mol. The Labute approximate surface area is 185 Å². The molecule has 2 amide bonds. The number of esters is 1. The molecule has 1 aliphatic rings. The van der Waals surface area contributed by atoms with Crippen LogP contribution >= 0.6 is 11.6 Å². The Kier molecular flexibility index (Phi) is 8.05. The van der Waals surface area contributed by atoms with E-state index in [1.807, 2.05) is 0 Å². The van der Waals surface area contributed by atoms with E-state index in [0.717, 1.165) is 12.3 Å². The lowest BCUT2D eigenvalue weighted by Crippen LogP contribution is -2.69. The Balaban J connectivity index is 2.22. The van der Waals surface area contributed by atoms with E-state index >= 15 is 0 Å². The molecule has 0 bridgehead atoms. The molecule has 2 heterocycles. The summed E-state index contributed by atoms with van der Waals surface area (Å²) in [6.07, 6.45) is 1.76. The number of piperidine rings is 1. The number of hydrogen-bond donors (Lipinski definition) is 1. The molecule has 1 atom stereocenters. The van der Waals surface area contributed by atoms with Crippen molar-refractivity contribution in [3.8, 4) is 5.75 Å². The van der Waals surface area contributed by atoms with Gasteiger partial charge in [-0.3, -0.25) is 9.69 Å². The normalized spacial score (nSPS) is 18.8. The van der Waals surface area contributed by atoms with Crippen molar-refractivity contribution in [2.75, 3.05) is 19.8 Å². The van der Waals surface area contributed by atoms with E-state index in [1.54, 1.807) is 27.7 Å². The minimum Gasteiger partial charge on any atom is -0.482 e. The van der Waals surface area contributed by atoms with Gasteiger partial charge in [0.25, 0.3) is 5.91 Å². The number of carbonyl (C=O) groups excluding carboxylic acids is 3. The van der Waals surface area contributed by atoms with Crippen LogP contribution in [0.5, 0.6) is 5.75 Å². The fourth-order valence-electron chi connectivity index (χ4n) is 3.08. The molecule has 0 saturated carbocycles. The van der Waals surface area contributed by atoms with Crippen molar-refractivity contribution in [1.29, 1.82) is 0 Å². The SMILES string of the molecule is CCOC(=O)C1(NC(=O)COc2cnc(Cl)c(F)c2)CCCCN1C(=O)OC(C)(C)C. The van der Waals surface area contributed by atoms with E-state index in [-0.39, 0.29) is 30.5 Å². The largest absolute Gasteiger partial charge is 0.482 e. The second-order valence-corrected chi connectivity index (χ2v) is 8.31. The molecule has 1 unspecified atom stereocenters. The highest BCUT2D eigenvalue weighted by molar-refractivity contribution is 6.29. The number of likely N-dealkylation sites (tertiary alicyclic amines) is 1. The van der Waals surface area contributed by atoms with Crippen molar-refractivity contribution in [2.45, 2.75) is 58.2 Å². The summed E-state index contributed by atoms with van der Waals surface area (Å²) in [5.41, 5.74) is -2.53. The number of ether oxygens (including phenoxy) is 3. The molecular weight excluding hydrogens is 433 g/mol. The zero-order valence-electron chi connectivity index (χ0n) is 18.0. The van der Waals surface area contributed by atoms with Gasteiger partial charge in [0, 0.05) is 19.0 Å². The predicted octanol–water partition coefficient (Wildman–Crippen LogP) is 3.05.